The molecule has 0 atom stereocenters. The third-order valence-corrected chi connectivity index (χ3v) is 3.35. The lowest BCUT2D eigenvalue weighted by atomic mass is 9.98. The summed E-state index contributed by atoms with van der Waals surface area (Å²) in [4.78, 5) is 10.8. The van der Waals surface area contributed by atoms with Crippen LogP contribution >= 0.6 is 0 Å². The van der Waals surface area contributed by atoms with Crippen molar-refractivity contribution in [1.29, 1.82) is 0 Å². The molecule has 0 unspecified atom stereocenters. The first-order valence-electron chi connectivity index (χ1n) is 6.73. The number of carbonyl (C=O) groups is 1. The van der Waals surface area contributed by atoms with E-state index in [1.54, 1.807) is 26.2 Å². The smallest absolute Gasteiger partial charge is 0.307 e. The second-order valence-corrected chi connectivity index (χ2v) is 4.87. The largest absolute Gasteiger partial charge is 0.496 e. The summed E-state index contributed by atoms with van der Waals surface area (Å²) in [5.41, 5.74) is 3.65. The van der Waals surface area contributed by atoms with Gasteiger partial charge < -0.3 is 15.1 Å². The summed E-state index contributed by atoms with van der Waals surface area (Å²) < 4.78 is 5.27. The molecule has 0 saturated heterocycles. The lowest BCUT2D eigenvalue weighted by Crippen LogP contribution is -2.01. The van der Waals surface area contributed by atoms with Crippen LogP contribution in [0.5, 0.6) is 5.75 Å². The number of rotatable bonds is 5. The number of nitrogens with zero attached hydrogens (tertiary/aromatic N) is 1. The van der Waals surface area contributed by atoms with E-state index in [0.717, 1.165) is 16.7 Å². The first-order chi connectivity index (χ1) is 10.5. The zero-order chi connectivity index (χ0) is 16.1. The highest BCUT2D eigenvalue weighted by atomic mass is 16.5. The summed E-state index contributed by atoms with van der Waals surface area (Å²) in [6.07, 6.45) is -0.0199. The predicted octanol–water partition coefficient (Wildman–Crippen LogP) is 3.19. The summed E-state index contributed by atoms with van der Waals surface area (Å²) in [6, 6.07) is 12.9. The average molecular weight is 299 g/mol. The van der Waals surface area contributed by atoms with E-state index in [-0.39, 0.29) is 6.42 Å². The topological polar surface area (TPSA) is 79.1 Å². The second-order valence-electron chi connectivity index (χ2n) is 4.87. The Labute approximate surface area is 128 Å². The van der Waals surface area contributed by atoms with Gasteiger partial charge in [0, 0.05) is 5.56 Å². The molecule has 0 saturated carbocycles. The van der Waals surface area contributed by atoms with E-state index in [1.165, 1.54) is 0 Å². The molecular weight excluding hydrogens is 282 g/mol. The Bertz CT molecular complexity index is 722. The van der Waals surface area contributed by atoms with Crippen LogP contribution in [0.2, 0.25) is 0 Å². The molecule has 0 aliphatic heterocycles. The summed E-state index contributed by atoms with van der Waals surface area (Å²) in [5.74, 6) is -0.253. The third-order valence-electron chi connectivity index (χ3n) is 3.35. The van der Waals surface area contributed by atoms with E-state index in [1.807, 2.05) is 30.3 Å². The molecule has 0 heterocycles. The molecular formula is C17H17NO4. The fourth-order valence-corrected chi connectivity index (χ4v) is 2.26. The zero-order valence-electron chi connectivity index (χ0n) is 12.4. The van der Waals surface area contributed by atoms with Crippen molar-refractivity contribution >= 4 is 11.7 Å². The Morgan fingerprint density at radius 3 is 2.55 bits per heavy atom. The van der Waals surface area contributed by atoms with Crippen molar-refractivity contribution in [3.8, 4) is 16.9 Å². The second kappa shape index (κ2) is 6.76. The minimum atomic E-state index is -0.865. The highest BCUT2D eigenvalue weighted by molar-refractivity contribution is 6.01. The van der Waals surface area contributed by atoms with Crippen LogP contribution in [0.25, 0.3) is 11.1 Å². The van der Waals surface area contributed by atoms with Gasteiger partial charge in [0.25, 0.3) is 0 Å². The molecule has 0 spiro atoms. The van der Waals surface area contributed by atoms with Crippen LogP contribution in [0, 0.1) is 0 Å². The van der Waals surface area contributed by atoms with Gasteiger partial charge in [0.15, 0.2) is 0 Å². The van der Waals surface area contributed by atoms with Crippen molar-refractivity contribution in [3.05, 3.63) is 53.6 Å². The number of carboxylic acids is 1. The number of ether oxygens (including phenoxy) is 1. The minimum absolute atomic E-state index is 0.0199. The monoisotopic (exact) mass is 299 g/mol. The van der Waals surface area contributed by atoms with Gasteiger partial charge in [-0.1, -0.05) is 35.5 Å². The molecule has 114 valence electrons. The highest BCUT2D eigenvalue weighted by Gasteiger charge is 2.10. The van der Waals surface area contributed by atoms with Crippen LogP contribution < -0.4 is 4.74 Å². The van der Waals surface area contributed by atoms with Crippen molar-refractivity contribution in [3.63, 3.8) is 0 Å². The zero-order valence-corrected chi connectivity index (χ0v) is 12.4. The van der Waals surface area contributed by atoms with E-state index in [2.05, 4.69) is 5.16 Å². The van der Waals surface area contributed by atoms with E-state index < -0.39 is 5.97 Å². The van der Waals surface area contributed by atoms with Gasteiger partial charge in [0.1, 0.15) is 5.75 Å². The van der Waals surface area contributed by atoms with E-state index in [4.69, 9.17) is 15.1 Å². The van der Waals surface area contributed by atoms with Crippen molar-refractivity contribution in [2.75, 3.05) is 7.11 Å². The van der Waals surface area contributed by atoms with Crippen LogP contribution in [0.1, 0.15) is 18.1 Å². The molecule has 0 radical (unpaired) electrons. The first kappa shape index (κ1) is 15.6. The van der Waals surface area contributed by atoms with Crippen LogP contribution in [-0.4, -0.2) is 29.1 Å². The maximum Gasteiger partial charge on any atom is 0.307 e. The van der Waals surface area contributed by atoms with Crippen LogP contribution in [0.15, 0.2) is 47.6 Å². The van der Waals surface area contributed by atoms with Gasteiger partial charge in [-0.3, -0.25) is 4.79 Å². The van der Waals surface area contributed by atoms with Gasteiger partial charge in [-0.15, -0.1) is 0 Å². The molecule has 0 amide bonds. The molecule has 5 nitrogen and oxygen atoms in total. The summed E-state index contributed by atoms with van der Waals surface area (Å²) in [7, 11) is 1.55. The third kappa shape index (κ3) is 3.44. The number of hydrogen-bond donors (Lipinski definition) is 2. The van der Waals surface area contributed by atoms with Crippen molar-refractivity contribution in [1.82, 2.24) is 0 Å². The molecule has 2 aromatic carbocycles. The molecule has 0 aliphatic rings. The highest BCUT2D eigenvalue weighted by Crippen LogP contribution is 2.28. The van der Waals surface area contributed by atoms with Gasteiger partial charge >= 0.3 is 5.97 Å². The number of aliphatic carboxylic acids is 1. The predicted molar refractivity (Wildman–Crippen MR) is 83.8 cm³/mol. The normalized spacial score (nSPS) is 11.3. The lowest BCUT2D eigenvalue weighted by molar-refractivity contribution is -0.136. The average Bonchev–Trinajstić information content (AvgIpc) is 2.53. The maximum atomic E-state index is 10.8. The number of benzene rings is 2. The summed E-state index contributed by atoms with van der Waals surface area (Å²) in [5, 5.41) is 21.1. The van der Waals surface area contributed by atoms with Crippen LogP contribution in [-0.2, 0) is 11.2 Å². The van der Waals surface area contributed by atoms with Crippen LogP contribution in [0.4, 0.5) is 0 Å². The van der Waals surface area contributed by atoms with Gasteiger partial charge in [-0.25, -0.2) is 0 Å². The standard InChI is InChI=1S/C17H17NO4/c1-11(18-21)15-10-14(6-7-16(15)22-2)13-5-3-4-12(8-13)9-17(19)20/h3-8,10,21H,9H2,1-2H3,(H,19,20)/b18-11+. The molecule has 22 heavy (non-hydrogen) atoms. The molecule has 2 aromatic rings. The first-order valence-corrected chi connectivity index (χ1v) is 6.73. The van der Waals surface area contributed by atoms with Crippen LogP contribution in [0.3, 0.4) is 0 Å². The molecule has 0 fully saturated rings. The van der Waals surface area contributed by atoms with Gasteiger partial charge in [0.05, 0.1) is 19.2 Å². The summed E-state index contributed by atoms with van der Waals surface area (Å²) >= 11 is 0. The van der Waals surface area contributed by atoms with Crippen molar-refractivity contribution < 1.29 is 19.8 Å². The summed E-state index contributed by atoms with van der Waals surface area (Å²) in [6.45, 7) is 1.68. The number of methoxy groups -OCH3 is 1. The van der Waals surface area contributed by atoms with Crippen molar-refractivity contribution in [2.45, 2.75) is 13.3 Å². The maximum absolute atomic E-state index is 10.8. The number of carboxylic acid groups (broad SMARTS) is 1. The molecule has 2 N–H and O–H groups in total. The minimum Gasteiger partial charge on any atom is -0.496 e. The van der Waals surface area contributed by atoms with E-state index in [0.29, 0.717) is 17.0 Å². The Hall–Kier alpha value is -2.82. The van der Waals surface area contributed by atoms with E-state index >= 15 is 0 Å². The fourth-order valence-electron chi connectivity index (χ4n) is 2.26. The van der Waals surface area contributed by atoms with E-state index in [9.17, 15) is 4.79 Å². The Kier molecular flexibility index (Phi) is 4.78. The molecule has 0 bridgehead atoms. The van der Waals surface area contributed by atoms with Gasteiger partial charge in [0.2, 0.25) is 0 Å². The SMILES string of the molecule is COc1ccc(-c2cccc(CC(=O)O)c2)cc1/C(C)=N/O. The fraction of sp³-hybridized carbons (Fsp3) is 0.176. The molecule has 5 heteroatoms. The number of oxime groups is 1. The van der Waals surface area contributed by atoms with Crippen molar-refractivity contribution in [2.24, 2.45) is 5.16 Å². The van der Waals surface area contributed by atoms with Gasteiger partial charge in [-0.2, -0.15) is 0 Å². The quantitative estimate of drug-likeness (QED) is 0.505. The molecule has 2 rings (SSSR count). The number of hydrogen-bond acceptors (Lipinski definition) is 4. The molecule has 0 aromatic heterocycles. The molecule has 0 aliphatic carbocycles. The Morgan fingerprint density at radius 1 is 1.18 bits per heavy atom. The Morgan fingerprint density at radius 2 is 1.91 bits per heavy atom. The Balaban J connectivity index is 2.47. The lowest BCUT2D eigenvalue weighted by Gasteiger charge is -2.11. The van der Waals surface area contributed by atoms with Gasteiger partial charge in [-0.05, 0) is 35.7 Å².